The topological polar surface area (TPSA) is 89.4 Å². The van der Waals surface area contributed by atoms with Gasteiger partial charge >= 0.3 is 12.0 Å². The Morgan fingerprint density at radius 3 is 2.38 bits per heavy atom. The van der Waals surface area contributed by atoms with Crippen molar-refractivity contribution in [2.45, 2.75) is 26.4 Å². The molecule has 86 valence electrons. The lowest BCUT2D eigenvalue weighted by molar-refractivity contribution is -0.145. The van der Waals surface area contributed by atoms with Gasteiger partial charge in [-0.3, -0.25) is 4.79 Å². The van der Waals surface area contributed by atoms with Crippen molar-refractivity contribution >= 4 is 11.8 Å². The number of carbonyl (C=O) groups is 2. The highest BCUT2D eigenvalue weighted by Gasteiger charge is 2.18. The van der Waals surface area contributed by atoms with E-state index in [4.69, 9.17) is 9.84 Å². The van der Waals surface area contributed by atoms with E-state index in [0.717, 1.165) is 0 Å². The third kappa shape index (κ3) is 3.01. The second-order valence-corrected chi connectivity index (χ2v) is 3.16. The molecule has 0 spiro atoms. The molecule has 0 aromatic carbocycles. The molecule has 0 saturated carbocycles. The summed E-state index contributed by atoms with van der Waals surface area (Å²) in [5, 5.41) is 8.74. The molecule has 6 nitrogen and oxygen atoms in total. The van der Waals surface area contributed by atoms with Gasteiger partial charge in [0, 0.05) is 12.4 Å². The first-order valence-electron chi connectivity index (χ1n) is 4.77. The summed E-state index contributed by atoms with van der Waals surface area (Å²) in [4.78, 5) is 29.1. The Labute approximate surface area is 92.3 Å². The summed E-state index contributed by atoms with van der Waals surface area (Å²) in [5.74, 6) is -1.22. The summed E-state index contributed by atoms with van der Waals surface area (Å²) in [7, 11) is 0. The second-order valence-electron chi connectivity index (χ2n) is 3.16. The molecule has 1 unspecified atom stereocenters. The standard InChI is InChI=1S/C10H12N2O4/c1-3-8(9(14)15)16-10-11-4-7(5-12-10)6(2)13/h4-5,8H,3H2,1-2H3,(H,14,15). The van der Waals surface area contributed by atoms with Gasteiger partial charge in [0.25, 0.3) is 0 Å². The summed E-state index contributed by atoms with van der Waals surface area (Å²) in [6.45, 7) is 3.08. The van der Waals surface area contributed by atoms with Crippen molar-refractivity contribution in [3.8, 4) is 6.01 Å². The summed E-state index contributed by atoms with van der Waals surface area (Å²) < 4.78 is 5.03. The second kappa shape index (κ2) is 5.20. The van der Waals surface area contributed by atoms with Crippen LogP contribution in [0.5, 0.6) is 6.01 Å². The minimum Gasteiger partial charge on any atom is -0.479 e. The van der Waals surface area contributed by atoms with Crippen LogP contribution >= 0.6 is 0 Å². The summed E-state index contributed by atoms with van der Waals surface area (Å²) >= 11 is 0. The van der Waals surface area contributed by atoms with Crippen LogP contribution in [0.25, 0.3) is 0 Å². The van der Waals surface area contributed by atoms with E-state index >= 15 is 0 Å². The van der Waals surface area contributed by atoms with Crippen LogP contribution in [0.1, 0.15) is 30.6 Å². The number of aromatic nitrogens is 2. The predicted octanol–water partition coefficient (Wildman–Crippen LogP) is 0.921. The Bertz CT molecular complexity index is 388. The van der Waals surface area contributed by atoms with E-state index in [-0.39, 0.29) is 11.8 Å². The van der Waals surface area contributed by atoms with Crippen molar-refractivity contribution in [2.75, 3.05) is 0 Å². The van der Waals surface area contributed by atoms with Gasteiger partial charge in [-0.1, -0.05) is 6.92 Å². The molecular weight excluding hydrogens is 212 g/mol. The maximum atomic E-state index is 10.9. The van der Waals surface area contributed by atoms with Crippen LogP contribution in [0.15, 0.2) is 12.4 Å². The quantitative estimate of drug-likeness (QED) is 0.748. The molecule has 1 heterocycles. The summed E-state index contributed by atoms with van der Waals surface area (Å²) in [6, 6.07) is -0.0424. The van der Waals surface area contributed by atoms with Gasteiger partial charge in [0.1, 0.15) is 0 Å². The highest BCUT2D eigenvalue weighted by molar-refractivity contribution is 5.93. The van der Waals surface area contributed by atoms with Crippen LogP contribution in [0.4, 0.5) is 0 Å². The Hall–Kier alpha value is -1.98. The molecule has 0 aliphatic carbocycles. The maximum absolute atomic E-state index is 10.9. The molecule has 16 heavy (non-hydrogen) atoms. The van der Waals surface area contributed by atoms with E-state index in [9.17, 15) is 9.59 Å². The molecular formula is C10H12N2O4. The number of ether oxygens (including phenoxy) is 1. The molecule has 1 aromatic rings. The summed E-state index contributed by atoms with van der Waals surface area (Å²) in [6.07, 6.45) is 1.95. The summed E-state index contributed by atoms with van der Waals surface area (Å²) in [5.41, 5.74) is 0.357. The molecule has 0 bridgehead atoms. The van der Waals surface area contributed by atoms with E-state index < -0.39 is 12.1 Å². The molecule has 1 aromatic heterocycles. The highest BCUT2D eigenvalue weighted by Crippen LogP contribution is 2.07. The minimum absolute atomic E-state index is 0.0424. The average molecular weight is 224 g/mol. The Morgan fingerprint density at radius 2 is 2.00 bits per heavy atom. The zero-order valence-electron chi connectivity index (χ0n) is 9.01. The number of ketones is 1. The lowest BCUT2D eigenvalue weighted by Crippen LogP contribution is -2.26. The zero-order valence-corrected chi connectivity index (χ0v) is 9.01. The highest BCUT2D eigenvalue weighted by atomic mass is 16.5. The number of nitrogens with zero attached hydrogens (tertiary/aromatic N) is 2. The Balaban J connectivity index is 2.75. The van der Waals surface area contributed by atoms with Crippen LogP contribution in [-0.2, 0) is 4.79 Å². The number of aliphatic carboxylic acids is 1. The van der Waals surface area contributed by atoms with Crippen molar-refractivity contribution in [2.24, 2.45) is 0 Å². The van der Waals surface area contributed by atoms with Gasteiger partial charge < -0.3 is 9.84 Å². The van der Waals surface area contributed by atoms with Crippen molar-refractivity contribution < 1.29 is 19.4 Å². The molecule has 0 amide bonds. The zero-order chi connectivity index (χ0) is 12.1. The molecule has 0 radical (unpaired) electrons. The van der Waals surface area contributed by atoms with Gasteiger partial charge in [0.2, 0.25) is 0 Å². The van der Waals surface area contributed by atoms with E-state index in [2.05, 4.69) is 9.97 Å². The van der Waals surface area contributed by atoms with E-state index in [1.54, 1.807) is 6.92 Å². The van der Waals surface area contributed by atoms with Crippen LogP contribution in [0, 0.1) is 0 Å². The third-order valence-corrected chi connectivity index (χ3v) is 1.93. The van der Waals surface area contributed by atoms with Gasteiger partial charge in [-0.05, 0) is 13.3 Å². The molecule has 1 atom stereocenters. The largest absolute Gasteiger partial charge is 0.479 e. The van der Waals surface area contributed by atoms with Crippen LogP contribution in [-0.4, -0.2) is 32.9 Å². The van der Waals surface area contributed by atoms with Gasteiger partial charge in [0.05, 0.1) is 5.56 Å². The van der Waals surface area contributed by atoms with Gasteiger partial charge in [-0.25, -0.2) is 14.8 Å². The van der Waals surface area contributed by atoms with E-state index in [1.165, 1.54) is 19.3 Å². The number of hydrogen-bond donors (Lipinski definition) is 1. The number of carbonyl (C=O) groups excluding carboxylic acids is 1. The van der Waals surface area contributed by atoms with Gasteiger partial charge in [0.15, 0.2) is 11.9 Å². The number of Topliss-reactive ketones (excluding diaryl/α,β-unsaturated/α-hetero) is 1. The lowest BCUT2D eigenvalue weighted by Gasteiger charge is -2.10. The smallest absolute Gasteiger partial charge is 0.345 e. The van der Waals surface area contributed by atoms with Crippen molar-refractivity contribution in [3.63, 3.8) is 0 Å². The Morgan fingerprint density at radius 1 is 1.44 bits per heavy atom. The lowest BCUT2D eigenvalue weighted by atomic mass is 10.2. The van der Waals surface area contributed by atoms with E-state index in [1.807, 2.05) is 0 Å². The minimum atomic E-state index is -1.07. The number of rotatable bonds is 5. The fourth-order valence-corrected chi connectivity index (χ4v) is 0.994. The first-order valence-corrected chi connectivity index (χ1v) is 4.77. The number of hydrogen-bond acceptors (Lipinski definition) is 5. The maximum Gasteiger partial charge on any atom is 0.345 e. The molecule has 6 heteroatoms. The molecule has 0 saturated heterocycles. The molecule has 0 fully saturated rings. The first-order chi connectivity index (χ1) is 7.54. The van der Waals surface area contributed by atoms with Gasteiger partial charge in [-0.2, -0.15) is 0 Å². The Kier molecular flexibility index (Phi) is 3.93. The number of carboxylic acid groups (broad SMARTS) is 1. The van der Waals surface area contributed by atoms with Crippen molar-refractivity contribution in [1.82, 2.24) is 9.97 Å². The third-order valence-electron chi connectivity index (χ3n) is 1.93. The molecule has 1 rings (SSSR count). The molecule has 1 N–H and O–H groups in total. The van der Waals surface area contributed by atoms with Crippen molar-refractivity contribution in [3.05, 3.63) is 18.0 Å². The SMILES string of the molecule is CCC(Oc1ncc(C(C)=O)cn1)C(=O)O. The van der Waals surface area contributed by atoms with Crippen LogP contribution in [0.2, 0.25) is 0 Å². The predicted molar refractivity (Wildman–Crippen MR) is 54.4 cm³/mol. The van der Waals surface area contributed by atoms with E-state index in [0.29, 0.717) is 12.0 Å². The first kappa shape index (κ1) is 12.1. The van der Waals surface area contributed by atoms with Crippen molar-refractivity contribution in [1.29, 1.82) is 0 Å². The molecule has 0 aliphatic rings. The normalized spacial score (nSPS) is 11.9. The van der Waals surface area contributed by atoms with Gasteiger partial charge in [-0.15, -0.1) is 0 Å². The fraction of sp³-hybridized carbons (Fsp3) is 0.400. The fourth-order valence-electron chi connectivity index (χ4n) is 0.994. The van der Waals surface area contributed by atoms with Crippen LogP contribution < -0.4 is 4.74 Å². The number of carboxylic acids is 1. The van der Waals surface area contributed by atoms with Crippen LogP contribution in [0.3, 0.4) is 0 Å². The molecule has 0 aliphatic heterocycles. The monoisotopic (exact) mass is 224 g/mol. The average Bonchev–Trinajstić information content (AvgIpc) is 2.26.